The third-order valence-electron chi connectivity index (χ3n) is 1.70. The summed E-state index contributed by atoms with van der Waals surface area (Å²) >= 11 is 11.3. The molecule has 0 heterocycles. The second kappa shape index (κ2) is 4.19. The first-order valence-electron chi connectivity index (χ1n) is 3.80. The van der Waals surface area contributed by atoms with Crippen LogP contribution < -0.4 is 5.32 Å². The molecule has 0 saturated heterocycles. The molecule has 0 bridgehead atoms. The van der Waals surface area contributed by atoms with Crippen molar-refractivity contribution in [2.75, 3.05) is 13.2 Å². The third-order valence-corrected chi connectivity index (χ3v) is 2.53. The summed E-state index contributed by atoms with van der Waals surface area (Å²) in [5.41, 5.74) is 0. The predicted molar refractivity (Wildman–Crippen MR) is 50.4 cm³/mol. The summed E-state index contributed by atoms with van der Waals surface area (Å²) in [4.78, 5) is 11.2. The Morgan fingerprint density at radius 3 is 2.69 bits per heavy atom. The monoisotopic (exact) mass is 221 g/mol. The van der Waals surface area contributed by atoms with Crippen LogP contribution in [0.25, 0.3) is 0 Å². The average molecular weight is 222 g/mol. The molecule has 1 rings (SSSR count). The highest BCUT2D eigenvalue weighted by atomic mass is 35.5. The molecule has 0 spiro atoms. The molecule has 1 amide bonds. The summed E-state index contributed by atoms with van der Waals surface area (Å²) < 4.78 is -0.880. The molecule has 1 aliphatic rings. The Kier molecular flexibility index (Phi) is 3.43. The molecule has 1 fully saturated rings. The van der Waals surface area contributed by atoms with Crippen LogP contribution in [-0.2, 0) is 4.79 Å². The van der Waals surface area contributed by atoms with E-state index in [4.69, 9.17) is 28.3 Å². The van der Waals surface area contributed by atoms with Crippen molar-refractivity contribution >= 4 is 29.1 Å². The number of aliphatic hydroxyl groups excluding tert-OH is 1. The van der Waals surface area contributed by atoms with Gasteiger partial charge in [0.05, 0.1) is 12.5 Å². The van der Waals surface area contributed by atoms with Gasteiger partial charge < -0.3 is 10.4 Å². The Balaban J connectivity index is 2.20. The Morgan fingerprint density at radius 2 is 2.23 bits per heavy atom. The minimum absolute atomic E-state index is 0.183. The quantitative estimate of drug-likeness (QED) is 0.521. The number of halogens is 2. The zero-order valence-corrected chi connectivity index (χ0v) is 8.32. The molecule has 0 radical (unpaired) electrons. The molecular formula is C8H9Cl2NO2. The highest BCUT2D eigenvalue weighted by Crippen LogP contribution is 2.53. The Hall–Kier alpha value is -0.430. The maximum atomic E-state index is 11.2. The van der Waals surface area contributed by atoms with Crippen LogP contribution in [-0.4, -0.2) is 28.5 Å². The van der Waals surface area contributed by atoms with E-state index in [1.54, 1.807) is 0 Å². The largest absolute Gasteiger partial charge is 0.384 e. The van der Waals surface area contributed by atoms with E-state index < -0.39 is 4.33 Å². The molecule has 1 saturated carbocycles. The lowest BCUT2D eigenvalue weighted by atomic mass is 10.4. The first kappa shape index (κ1) is 10.6. The van der Waals surface area contributed by atoms with Gasteiger partial charge in [-0.15, -0.1) is 23.2 Å². The SMILES string of the molecule is O=C(NCC#CCO)C1CC1(Cl)Cl. The van der Waals surface area contributed by atoms with Crippen LogP contribution in [0.1, 0.15) is 6.42 Å². The van der Waals surface area contributed by atoms with E-state index in [9.17, 15) is 4.79 Å². The van der Waals surface area contributed by atoms with Crippen LogP contribution in [0, 0.1) is 17.8 Å². The van der Waals surface area contributed by atoms with E-state index in [1.807, 2.05) is 0 Å². The van der Waals surface area contributed by atoms with E-state index in [0.29, 0.717) is 6.42 Å². The molecule has 0 aromatic heterocycles. The van der Waals surface area contributed by atoms with Crippen LogP contribution >= 0.6 is 23.2 Å². The Bertz CT molecular complexity index is 267. The molecule has 1 atom stereocenters. The molecule has 13 heavy (non-hydrogen) atoms. The molecule has 0 aromatic carbocycles. The highest BCUT2D eigenvalue weighted by molar-refractivity contribution is 6.52. The second-order valence-corrected chi connectivity index (χ2v) is 4.29. The van der Waals surface area contributed by atoms with Crippen molar-refractivity contribution < 1.29 is 9.90 Å². The maximum absolute atomic E-state index is 11.2. The number of nitrogens with one attached hydrogen (secondary N) is 1. The first-order chi connectivity index (χ1) is 6.08. The summed E-state index contributed by atoms with van der Waals surface area (Å²) in [6, 6.07) is 0. The molecule has 0 aliphatic heterocycles. The topological polar surface area (TPSA) is 49.3 Å². The summed E-state index contributed by atoms with van der Waals surface area (Å²) in [6.45, 7) is 0.0218. The summed E-state index contributed by atoms with van der Waals surface area (Å²) in [5.74, 6) is 4.47. The molecule has 0 aromatic rings. The number of carbonyl (C=O) groups is 1. The number of aliphatic hydroxyl groups is 1. The smallest absolute Gasteiger partial charge is 0.227 e. The van der Waals surface area contributed by atoms with Gasteiger partial charge in [-0.1, -0.05) is 11.8 Å². The number of hydrogen-bond donors (Lipinski definition) is 2. The van der Waals surface area contributed by atoms with Crippen molar-refractivity contribution in [3.05, 3.63) is 0 Å². The van der Waals surface area contributed by atoms with Crippen LogP contribution in [0.5, 0.6) is 0 Å². The number of hydrogen-bond acceptors (Lipinski definition) is 2. The van der Waals surface area contributed by atoms with Gasteiger partial charge in [0.25, 0.3) is 0 Å². The van der Waals surface area contributed by atoms with Crippen LogP contribution in [0.4, 0.5) is 0 Å². The average Bonchev–Trinajstić information content (AvgIpc) is 2.69. The van der Waals surface area contributed by atoms with Gasteiger partial charge in [0.2, 0.25) is 5.91 Å². The molecule has 1 aliphatic carbocycles. The van der Waals surface area contributed by atoms with Crippen molar-refractivity contribution in [1.82, 2.24) is 5.32 Å². The van der Waals surface area contributed by atoms with Crippen molar-refractivity contribution in [3.8, 4) is 11.8 Å². The summed E-state index contributed by atoms with van der Waals surface area (Å²) in [6.07, 6.45) is 0.495. The highest BCUT2D eigenvalue weighted by Gasteiger charge is 2.56. The molecule has 72 valence electrons. The van der Waals surface area contributed by atoms with E-state index in [-0.39, 0.29) is 25.0 Å². The minimum Gasteiger partial charge on any atom is -0.384 e. The van der Waals surface area contributed by atoms with Crippen LogP contribution in [0.2, 0.25) is 0 Å². The minimum atomic E-state index is -0.880. The molecular weight excluding hydrogens is 213 g/mol. The van der Waals surface area contributed by atoms with Crippen molar-refractivity contribution in [2.24, 2.45) is 5.92 Å². The van der Waals surface area contributed by atoms with E-state index in [1.165, 1.54) is 0 Å². The van der Waals surface area contributed by atoms with Gasteiger partial charge in [0.15, 0.2) is 0 Å². The van der Waals surface area contributed by atoms with E-state index in [0.717, 1.165) is 0 Å². The van der Waals surface area contributed by atoms with Gasteiger partial charge in [0, 0.05) is 0 Å². The molecule has 3 nitrogen and oxygen atoms in total. The number of carbonyl (C=O) groups excluding carboxylic acids is 1. The second-order valence-electron chi connectivity index (χ2n) is 2.75. The fourth-order valence-corrected chi connectivity index (χ4v) is 1.38. The summed E-state index contributed by atoms with van der Waals surface area (Å²) in [7, 11) is 0. The van der Waals surface area contributed by atoms with Crippen molar-refractivity contribution in [1.29, 1.82) is 0 Å². The van der Waals surface area contributed by atoms with Crippen LogP contribution in [0.15, 0.2) is 0 Å². The lowest BCUT2D eigenvalue weighted by Gasteiger charge is -1.99. The van der Waals surface area contributed by atoms with Crippen molar-refractivity contribution in [3.63, 3.8) is 0 Å². The number of rotatable bonds is 2. The summed E-state index contributed by atoms with van der Waals surface area (Å²) in [5, 5.41) is 10.9. The number of amides is 1. The van der Waals surface area contributed by atoms with E-state index >= 15 is 0 Å². The third kappa shape index (κ3) is 3.07. The Labute approximate surface area is 86.4 Å². The van der Waals surface area contributed by atoms with Gasteiger partial charge in [-0.3, -0.25) is 4.79 Å². The zero-order valence-electron chi connectivity index (χ0n) is 6.81. The van der Waals surface area contributed by atoms with Gasteiger partial charge in [-0.05, 0) is 6.42 Å². The fraction of sp³-hybridized carbons (Fsp3) is 0.625. The molecule has 1 unspecified atom stereocenters. The zero-order chi connectivity index (χ0) is 9.90. The lowest BCUT2D eigenvalue weighted by Crippen LogP contribution is -2.27. The van der Waals surface area contributed by atoms with Crippen LogP contribution in [0.3, 0.4) is 0 Å². The first-order valence-corrected chi connectivity index (χ1v) is 4.55. The van der Waals surface area contributed by atoms with Gasteiger partial charge in [-0.2, -0.15) is 0 Å². The maximum Gasteiger partial charge on any atom is 0.227 e. The predicted octanol–water partition coefficient (Wildman–Crippen LogP) is 0.292. The van der Waals surface area contributed by atoms with Gasteiger partial charge in [-0.25, -0.2) is 0 Å². The van der Waals surface area contributed by atoms with E-state index in [2.05, 4.69) is 17.2 Å². The van der Waals surface area contributed by atoms with Gasteiger partial charge in [0.1, 0.15) is 10.9 Å². The Morgan fingerprint density at radius 1 is 1.62 bits per heavy atom. The molecule has 5 heteroatoms. The number of alkyl halides is 2. The van der Waals surface area contributed by atoms with Gasteiger partial charge >= 0.3 is 0 Å². The fourth-order valence-electron chi connectivity index (χ4n) is 0.871. The molecule has 2 N–H and O–H groups in total. The standard InChI is InChI=1S/C8H9Cl2NO2/c9-8(10)5-6(8)7(13)11-3-1-2-4-12/h6,12H,3-5H2,(H,11,13). The normalized spacial score (nSPS) is 22.8. The lowest BCUT2D eigenvalue weighted by molar-refractivity contribution is -0.122. The van der Waals surface area contributed by atoms with Crippen molar-refractivity contribution in [2.45, 2.75) is 10.8 Å².